The summed E-state index contributed by atoms with van der Waals surface area (Å²) >= 11 is 0. The SMILES string of the molecule is [C-]#[N+]c1ccc(N2CCN([C@H](C)c3ccc(COc4cccc5c4CN([C@H]4CCC(=O)NC4=O)C5=O)cc3)CC2)cn1. The predicted octanol–water partition coefficient (Wildman–Crippen LogP) is 3.86. The monoisotopic (exact) mass is 564 g/mol. The summed E-state index contributed by atoms with van der Waals surface area (Å²) in [4.78, 5) is 50.9. The number of piperazine rings is 1. The van der Waals surface area contributed by atoms with Crippen LogP contribution in [0.2, 0.25) is 0 Å². The van der Waals surface area contributed by atoms with E-state index in [0.717, 1.165) is 43.0 Å². The molecule has 2 fully saturated rings. The van der Waals surface area contributed by atoms with Crippen molar-refractivity contribution >= 4 is 29.2 Å². The summed E-state index contributed by atoms with van der Waals surface area (Å²) in [6, 6.07) is 17.2. The number of ether oxygens (including phenoxy) is 1. The molecule has 10 heteroatoms. The van der Waals surface area contributed by atoms with Gasteiger partial charge in [0.05, 0.1) is 12.2 Å². The number of benzene rings is 2. The molecule has 0 aliphatic carbocycles. The Morgan fingerprint density at radius 1 is 1.05 bits per heavy atom. The number of imide groups is 1. The molecule has 1 N–H and O–H groups in total. The zero-order chi connectivity index (χ0) is 29.2. The molecule has 0 saturated carbocycles. The largest absolute Gasteiger partial charge is 0.489 e. The molecule has 0 unspecified atom stereocenters. The molecule has 3 aromatic rings. The first-order chi connectivity index (χ1) is 20.4. The van der Waals surface area contributed by atoms with Crippen molar-refractivity contribution in [2.75, 3.05) is 31.1 Å². The lowest BCUT2D eigenvalue weighted by atomic mass is 10.0. The first-order valence-electron chi connectivity index (χ1n) is 14.2. The smallest absolute Gasteiger partial charge is 0.269 e. The van der Waals surface area contributed by atoms with E-state index in [1.165, 1.54) is 10.5 Å². The fourth-order valence-corrected chi connectivity index (χ4v) is 5.96. The van der Waals surface area contributed by atoms with Crippen LogP contribution in [0.5, 0.6) is 5.75 Å². The number of nitrogens with zero attached hydrogens (tertiary/aromatic N) is 5. The minimum atomic E-state index is -0.651. The van der Waals surface area contributed by atoms with Gasteiger partial charge < -0.3 is 19.4 Å². The Morgan fingerprint density at radius 2 is 1.83 bits per heavy atom. The zero-order valence-electron chi connectivity index (χ0n) is 23.5. The van der Waals surface area contributed by atoms with E-state index in [9.17, 15) is 14.4 Å². The Bertz CT molecular complexity index is 1540. The van der Waals surface area contributed by atoms with Gasteiger partial charge in [-0.1, -0.05) is 36.9 Å². The second-order valence-electron chi connectivity index (χ2n) is 10.9. The molecule has 0 radical (unpaired) electrons. The Hall–Kier alpha value is -4.75. The molecule has 4 heterocycles. The van der Waals surface area contributed by atoms with Crippen molar-refractivity contribution < 1.29 is 19.1 Å². The average Bonchev–Trinajstić information content (AvgIpc) is 3.36. The molecule has 3 aliphatic heterocycles. The van der Waals surface area contributed by atoms with E-state index < -0.39 is 11.9 Å². The number of hydrogen-bond acceptors (Lipinski definition) is 7. The van der Waals surface area contributed by atoms with Gasteiger partial charge in [0.25, 0.3) is 11.7 Å². The Morgan fingerprint density at radius 3 is 2.52 bits per heavy atom. The lowest BCUT2D eigenvalue weighted by Gasteiger charge is -2.39. The predicted molar refractivity (Wildman–Crippen MR) is 156 cm³/mol. The van der Waals surface area contributed by atoms with Crippen molar-refractivity contribution in [3.63, 3.8) is 0 Å². The van der Waals surface area contributed by atoms with Gasteiger partial charge in [0.1, 0.15) is 24.6 Å². The van der Waals surface area contributed by atoms with Gasteiger partial charge >= 0.3 is 0 Å². The maximum atomic E-state index is 13.1. The van der Waals surface area contributed by atoms with Crippen LogP contribution in [-0.4, -0.2) is 64.7 Å². The number of anilines is 1. The second kappa shape index (κ2) is 11.6. The molecule has 1 aromatic heterocycles. The van der Waals surface area contributed by atoms with Crippen LogP contribution in [0.4, 0.5) is 11.5 Å². The number of carbonyl (C=O) groups is 3. The summed E-state index contributed by atoms with van der Waals surface area (Å²) in [6.07, 6.45) is 2.33. The molecule has 2 aromatic carbocycles. The Balaban J connectivity index is 1.04. The zero-order valence-corrected chi connectivity index (χ0v) is 23.5. The lowest BCUT2D eigenvalue weighted by molar-refractivity contribution is -0.136. The molecule has 0 spiro atoms. The van der Waals surface area contributed by atoms with E-state index in [-0.39, 0.29) is 30.8 Å². The first kappa shape index (κ1) is 27.4. The molecule has 10 nitrogen and oxygen atoms in total. The van der Waals surface area contributed by atoms with Crippen LogP contribution in [0.25, 0.3) is 4.85 Å². The molecular formula is C32H32N6O4. The molecule has 6 rings (SSSR count). The molecule has 42 heavy (non-hydrogen) atoms. The summed E-state index contributed by atoms with van der Waals surface area (Å²) in [6.45, 7) is 13.6. The molecular weight excluding hydrogens is 532 g/mol. The quantitative estimate of drug-likeness (QED) is 0.344. The van der Waals surface area contributed by atoms with Crippen LogP contribution in [-0.2, 0) is 22.7 Å². The number of hydrogen-bond donors (Lipinski definition) is 1. The van der Waals surface area contributed by atoms with Crippen LogP contribution in [0.15, 0.2) is 60.8 Å². The van der Waals surface area contributed by atoms with E-state index in [1.807, 2.05) is 12.1 Å². The number of carbonyl (C=O) groups excluding carboxylic acids is 3. The topological polar surface area (TPSA) is 99.4 Å². The van der Waals surface area contributed by atoms with Gasteiger partial charge in [-0.05, 0) is 48.7 Å². The highest BCUT2D eigenvalue weighted by Crippen LogP contribution is 2.34. The maximum Gasteiger partial charge on any atom is 0.269 e. The van der Waals surface area contributed by atoms with Crippen molar-refractivity contribution in [1.29, 1.82) is 0 Å². The maximum absolute atomic E-state index is 13.1. The molecule has 2 saturated heterocycles. The van der Waals surface area contributed by atoms with Gasteiger partial charge in [0.2, 0.25) is 11.8 Å². The highest BCUT2D eigenvalue weighted by Gasteiger charge is 2.40. The number of amides is 3. The van der Waals surface area contributed by atoms with E-state index in [0.29, 0.717) is 30.2 Å². The fourth-order valence-electron chi connectivity index (χ4n) is 5.96. The summed E-state index contributed by atoms with van der Waals surface area (Å²) in [5.74, 6) is 0.115. The number of piperidine rings is 1. The molecule has 3 amide bonds. The average molecular weight is 565 g/mol. The molecule has 0 bridgehead atoms. The van der Waals surface area contributed by atoms with Crippen molar-refractivity contribution in [2.24, 2.45) is 0 Å². The highest BCUT2D eigenvalue weighted by molar-refractivity contribution is 6.05. The Labute approximate surface area is 244 Å². The summed E-state index contributed by atoms with van der Waals surface area (Å²) in [5.41, 5.74) is 4.63. The highest BCUT2D eigenvalue weighted by atomic mass is 16.5. The third-order valence-electron chi connectivity index (χ3n) is 8.47. The van der Waals surface area contributed by atoms with Gasteiger partial charge in [-0.25, -0.2) is 0 Å². The molecule has 3 aliphatic rings. The van der Waals surface area contributed by atoms with E-state index in [1.54, 1.807) is 24.4 Å². The number of rotatable bonds is 7. The summed E-state index contributed by atoms with van der Waals surface area (Å²) in [7, 11) is 0. The van der Waals surface area contributed by atoms with Crippen molar-refractivity contribution in [3.05, 3.63) is 94.5 Å². The minimum Gasteiger partial charge on any atom is -0.489 e. The van der Waals surface area contributed by atoms with Crippen molar-refractivity contribution in [2.45, 2.75) is 45.0 Å². The van der Waals surface area contributed by atoms with Gasteiger partial charge in [-0.2, -0.15) is 0 Å². The summed E-state index contributed by atoms with van der Waals surface area (Å²) in [5, 5.41) is 2.34. The van der Waals surface area contributed by atoms with Gasteiger partial charge in [0, 0.05) is 49.8 Å². The number of pyridine rings is 1. The van der Waals surface area contributed by atoms with Gasteiger partial charge in [-0.15, -0.1) is 4.98 Å². The molecule has 214 valence electrons. The lowest BCUT2D eigenvalue weighted by Crippen LogP contribution is -2.52. The van der Waals surface area contributed by atoms with Crippen LogP contribution in [0.3, 0.4) is 0 Å². The standard InChI is InChI=1S/C32H32N6O4/c1-21(36-14-16-37(17-15-36)24-10-12-29(33-2)34-18-24)23-8-6-22(7-9-23)20-42-28-5-3-4-25-26(28)19-38(32(25)41)27-11-13-30(39)35-31(27)40/h3-10,12,18,21,27H,11,13-17,19-20H2,1H3,(H,35,39,40)/t21-,27+/m1/s1. The summed E-state index contributed by atoms with van der Waals surface area (Å²) < 4.78 is 6.18. The third-order valence-corrected chi connectivity index (χ3v) is 8.47. The van der Waals surface area contributed by atoms with E-state index in [4.69, 9.17) is 11.3 Å². The number of fused-ring (bicyclic) bond motifs is 1. The normalized spacial score (nSPS) is 19.7. The van der Waals surface area contributed by atoms with Crippen LogP contribution in [0, 0.1) is 6.57 Å². The van der Waals surface area contributed by atoms with Crippen LogP contribution in [0.1, 0.15) is 52.9 Å². The van der Waals surface area contributed by atoms with E-state index in [2.05, 4.69) is 56.1 Å². The Kier molecular flexibility index (Phi) is 7.59. The first-order valence-corrected chi connectivity index (χ1v) is 14.2. The molecule has 2 atom stereocenters. The number of aromatic nitrogens is 1. The minimum absolute atomic E-state index is 0.209. The van der Waals surface area contributed by atoms with Crippen molar-refractivity contribution in [3.8, 4) is 5.75 Å². The third kappa shape index (κ3) is 5.43. The second-order valence-corrected chi connectivity index (χ2v) is 10.9. The van der Waals surface area contributed by atoms with Gasteiger partial charge in [0.15, 0.2) is 0 Å². The van der Waals surface area contributed by atoms with Gasteiger partial charge in [-0.3, -0.25) is 24.6 Å². The number of nitrogens with one attached hydrogen (secondary N) is 1. The van der Waals surface area contributed by atoms with E-state index >= 15 is 0 Å². The van der Waals surface area contributed by atoms with Crippen LogP contribution < -0.4 is 15.0 Å². The fraction of sp³-hybridized carbons (Fsp3) is 0.344. The van der Waals surface area contributed by atoms with Crippen LogP contribution >= 0.6 is 0 Å². The van der Waals surface area contributed by atoms with Crippen molar-refractivity contribution in [1.82, 2.24) is 20.1 Å².